The van der Waals surface area contributed by atoms with Crippen molar-refractivity contribution >= 4 is 29.9 Å². The minimum absolute atomic E-state index is 0. The van der Waals surface area contributed by atoms with Gasteiger partial charge < -0.3 is 20.3 Å². The second kappa shape index (κ2) is 13.9. The summed E-state index contributed by atoms with van der Waals surface area (Å²) in [5.74, 6) is 1.73. The normalized spacial score (nSPS) is 26.7. The molecule has 186 valence electrons. The van der Waals surface area contributed by atoms with E-state index in [1.54, 1.807) is 7.11 Å². The molecule has 0 spiro atoms. The molecule has 0 aromatic heterocycles. The van der Waals surface area contributed by atoms with Crippen LogP contribution >= 0.6 is 24.0 Å². The molecule has 2 unspecified atom stereocenters. The number of benzene rings is 1. The van der Waals surface area contributed by atoms with Gasteiger partial charge in [-0.1, -0.05) is 30.3 Å². The first-order chi connectivity index (χ1) is 15.7. The Bertz CT molecular complexity index is 696. The van der Waals surface area contributed by atoms with E-state index in [1.807, 2.05) is 0 Å². The SMILES string of the molecule is CCNC(=NCC1CCN(CCOC)CC1)NC1CC2CCC(C1)N2Cc1ccccc1.I. The smallest absolute Gasteiger partial charge is 0.191 e. The first-order valence-electron chi connectivity index (χ1n) is 12.8. The fraction of sp³-hybridized carbons (Fsp3) is 0.731. The van der Waals surface area contributed by atoms with Crippen molar-refractivity contribution in [2.75, 3.05) is 46.4 Å². The molecule has 2 atom stereocenters. The summed E-state index contributed by atoms with van der Waals surface area (Å²) in [7, 11) is 1.79. The van der Waals surface area contributed by atoms with Crippen molar-refractivity contribution in [3.05, 3.63) is 35.9 Å². The Labute approximate surface area is 217 Å². The Morgan fingerprint density at radius 3 is 2.39 bits per heavy atom. The molecule has 1 aromatic carbocycles. The predicted octanol–water partition coefficient (Wildman–Crippen LogP) is 3.71. The van der Waals surface area contributed by atoms with Gasteiger partial charge >= 0.3 is 0 Å². The van der Waals surface area contributed by atoms with Crippen molar-refractivity contribution in [3.8, 4) is 0 Å². The molecule has 33 heavy (non-hydrogen) atoms. The first kappa shape index (κ1) is 26.7. The topological polar surface area (TPSA) is 52.1 Å². The molecular formula is C26H44IN5O. The molecule has 7 heteroatoms. The van der Waals surface area contributed by atoms with Crippen LogP contribution in [0.4, 0.5) is 0 Å². The number of hydrogen-bond acceptors (Lipinski definition) is 4. The van der Waals surface area contributed by atoms with Gasteiger partial charge in [-0.15, -0.1) is 24.0 Å². The minimum atomic E-state index is 0. The van der Waals surface area contributed by atoms with Gasteiger partial charge in [-0.05, 0) is 70.0 Å². The molecule has 3 saturated heterocycles. The number of aliphatic imine (C=N–C) groups is 1. The third-order valence-corrected chi connectivity index (χ3v) is 7.60. The number of ether oxygens (including phenoxy) is 1. The van der Waals surface area contributed by atoms with Crippen molar-refractivity contribution in [3.63, 3.8) is 0 Å². The quantitative estimate of drug-likeness (QED) is 0.270. The van der Waals surface area contributed by atoms with Crippen molar-refractivity contribution in [1.82, 2.24) is 20.4 Å². The molecule has 4 rings (SSSR count). The highest BCUT2D eigenvalue weighted by molar-refractivity contribution is 14.0. The maximum absolute atomic E-state index is 5.22. The van der Waals surface area contributed by atoms with Crippen LogP contribution in [-0.4, -0.2) is 80.3 Å². The van der Waals surface area contributed by atoms with Gasteiger partial charge in [0.05, 0.1) is 6.61 Å². The summed E-state index contributed by atoms with van der Waals surface area (Å²) >= 11 is 0. The maximum Gasteiger partial charge on any atom is 0.191 e. The van der Waals surface area contributed by atoms with E-state index < -0.39 is 0 Å². The molecule has 3 heterocycles. The molecule has 2 bridgehead atoms. The third-order valence-electron chi connectivity index (χ3n) is 7.60. The number of fused-ring (bicyclic) bond motifs is 2. The molecule has 0 saturated carbocycles. The summed E-state index contributed by atoms with van der Waals surface area (Å²) in [5, 5.41) is 7.31. The second-order valence-corrected chi connectivity index (χ2v) is 9.85. The highest BCUT2D eigenvalue weighted by Crippen LogP contribution is 2.36. The number of halogens is 1. The summed E-state index contributed by atoms with van der Waals surface area (Å²) < 4.78 is 5.22. The highest BCUT2D eigenvalue weighted by Gasteiger charge is 2.40. The molecule has 1 aromatic rings. The van der Waals surface area contributed by atoms with Gasteiger partial charge in [0.25, 0.3) is 0 Å². The van der Waals surface area contributed by atoms with Gasteiger partial charge in [-0.2, -0.15) is 0 Å². The zero-order valence-electron chi connectivity index (χ0n) is 20.5. The fourth-order valence-corrected chi connectivity index (χ4v) is 5.79. The Kier molecular flexibility index (Phi) is 11.2. The van der Waals surface area contributed by atoms with Crippen LogP contribution in [0.15, 0.2) is 35.3 Å². The lowest BCUT2D eigenvalue weighted by molar-refractivity contribution is 0.114. The van der Waals surface area contributed by atoms with Crippen LogP contribution in [0.3, 0.4) is 0 Å². The number of likely N-dealkylation sites (tertiary alicyclic amines) is 1. The van der Waals surface area contributed by atoms with Crippen LogP contribution in [-0.2, 0) is 11.3 Å². The van der Waals surface area contributed by atoms with Crippen LogP contribution in [0.5, 0.6) is 0 Å². The average molecular weight is 570 g/mol. The van der Waals surface area contributed by atoms with Crippen LogP contribution in [0, 0.1) is 5.92 Å². The summed E-state index contributed by atoms with van der Waals surface area (Å²) in [6.45, 7) is 9.37. The van der Waals surface area contributed by atoms with E-state index in [4.69, 9.17) is 9.73 Å². The predicted molar refractivity (Wildman–Crippen MR) is 147 cm³/mol. The molecule has 0 radical (unpaired) electrons. The number of hydrogen-bond donors (Lipinski definition) is 2. The summed E-state index contributed by atoms with van der Waals surface area (Å²) in [6.07, 6.45) is 7.62. The van der Waals surface area contributed by atoms with Crippen molar-refractivity contribution in [2.24, 2.45) is 10.9 Å². The van der Waals surface area contributed by atoms with Crippen molar-refractivity contribution < 1.29 is 4.74 Å². The summed E-state index contributed by atoms with van der Waals surface area (Å²) in [5.41, 5.74) is 1.44. The number of piperidine rings is 2. The largest absolute Gasteiger partial charge is 0.383 e. The standard InChI is InChI=1S/C26H43N5O.HI/c1-3-27-26(28-19-21-11-13-30(14-12-21)15-16-32-2)29-23-17-24-9-10-25(18-23)31(24)20-22-7-5-4-6-8-22;/h4-8,21,23-25H,3,9-20H2,1-2H3,(H2,27,28,29);1H. The lowest BCUT2D eigenvalue weighted by Crippen LogP contribution is -2.52. The lowest BCUT2D eigenvalue weighted by atomic mass is 9.96. The Balaban J connectivity index is 0.00000306. The molecule has 6 nitrogen and oxygen atoms in total. The third kappa shape index (κ3) is 7.80. The van der Waals surface area contributed by atoms with E-state index >= 15 is 0 Å². The van der Waals surface area contributed by atoms with Gasteiger partial charge in [0.2, 0.25) is 0 Å². The zero-order valence-corrected chi connectivity index (χ0v) is 22.9. The molecule has 0 aliphatic carbocycles. The lowest BCUT2D eigenvalue weighted by Gasteiger charge is -2.39. The fourth-order valence-electron chi connectivity index (χ4n) is 5.79. The highest BCUT2D eigenvalue weighted by atomic mass is 127. The van der Waals surface area contributed by atoms with E-state index in [2.05, 4.69) is 57.7 Å². The number of rotatable bonds is 9. The Hall–Kier alpha value is -0.900. The van der Waals surface area contributed by atoms with Gasteiger partial charge in [-0.25, -0.2) is 0 Å². The van der Waals surface area contributed by atoms with Crippen LogP contribution < -0.4 is 10.6 Å². The molecular weight excluding hydrogens is 525 g/mol. The molecule has 0 amide bonds. The average Bonchev–Trinajstić information content (AvgIpc) is 3.05. The summed E-state index contributed by atoms with van der Waals surface area (Å²) in [4.78, 5) is 10.3. The van der Waals surface area contributed by atoms with E-state index in [0.29, 0.717) is 24.0 Å². The van der Waals surface area contributed by atoms with Crippen LogP contribution in [0.1, 0.15) is 51.0 Å². The minimum Gasteiger partial charge on any atom is -0.383 e. The molecule has 2 N–H and O–H groups in total. The van der Waals surface area contributed by atoms with Gasteiger partial charge in [0.15, 0.2) is 5.96 Å². The number of nitrogens with one attached hydrogen (secondary N) is 2. The van der Waals surface area contributed by atoms with E-state index in [-0.39, 0.29) is 24.0 Å². The Morgan fingerprint density at radius 2 is 1.76 bits per heavy atom. The second-order valence-electron chi connectivity index (χ2n) is 9.85. The van der Waals surface area contributed by atoms with Gasteiger partial charge in [-0.3, -0.25) is 9.89 Å². The number of methoxy groups -OCH3 is 1. The van der Waals surface area contributed by atoms with Crippen molar-refractivity contribution in [2.45, 2.75) is 70.1 Å². The Morgan fingerprint density at radius 1 is 1.06 bits per heavy atom. The van der Waals surface area contributed by atoms with E-state index in [0.717, 1.165) is 38.7 Å². The monoisotopic (exact) mass is 569 g/mol. The molecule has 3 aliphatic heterocycles. The zero-order chi connectivity index (χ0) is 22.2. The number of nitrogens with zero attached hydrogens (tertiary/aromatic N) is 3. The molecule has 3 aliphatic rings. The van der Waals surface area contributed by atoms with Crippen LogP contribution in [0.25, 0.3) is 0 Å². The maximum atomic E-state index is 5.22. The van der Waals surface area contributed by atoms with Crippen LogP contribution in [0.2, 0.25) is 0 Å². The van der Waals surface area contributed by atoms with E-state index in [1.165, 1.54) is 57.2 Å². The summed E-state index contributed by atoms with van der Waals surface area (Å²) in [6, 6.07) is 12.9. The van der Waals surface area contributed by atoms with Gasteiger partial charge in [0, 0.05) is 51.4 Å². The first-order valence-corrected chi connectivity index (χ1v) is 12.8. The molecule has 3 fully saturated rings. The van der Waals surface area contributed by atoms with E-state index in [9.17, 15) is 0 Å². The van der Waals surface area contributed by atoms with Gasteiger partial charge in [0.1, 0.15) is 0 Å². The van der Waals surface area contributed by atoms with Crippen molar-refractivity contribution in [1.29, 1.82) is 0 Å². The number of guanidine groups is 1.